The fourth-order valence-electron chi connectivity index (χ4n) is 10.0. The van der Waals surface area contributed by atoms with Crippen LogP contribution in [0, 0.1) is 34.0 Å². The van der Waals surface area contributed by atoms with E-state index in [2.05, 4.69) is 58.6 Å². The molecule has 30 heavy (non-hydrogen) atoms. The predicted octanol–water partition coefficient (Wildman–Crippen LogP) is 3.88. The first-order chi connectivity index (χ1) is 13.9. The Kier molecular flexibility index (Phi) is 4.44. The summed E-state index contributed by atoms with van der Waals surface area (Å²) in [7, 11) is 6.54. The molecule has 0 saturated heterocycles. The van der Waals surface area contributed by atoms with E-state index in [0.717, 1.165) is 25.8 Å². The maximum atomic E-state index is 12.2. The number of hydrogen-bond acceptors (Lipinski definition) is 4. The van der Waals surface area contributed by atoms with E-state index < -0.39 is 11.7 Å². The van der Waals surface area contributed by atoms with Gasteiger partial charge in [0.25, 0.3) is 0 Å². The standard InChI is InChI=1S/C26H44N2O2/c1-16-20(27(5)6)10-12-23(3)19-9-13-25-15-28(7)17(2)18(25)8-11-24(25,4)22(19)21(29)14-26(16,23)30/h16,19-22,29-30H,8-15H2,1-7H3/t16-,19-,20+,21+,22+,23-,24-,25+,26+/m1/s1. The molecule has 1 aliphatic heterocycles. The van der Waals surface area contributed by atoms with E-state index in [0.29, 0.717) is 24.3 Å². The summed E-state index contributed by atoms with van der Waals surface area (Å²) in [5.74, 6) is 0.902. The molecule has 1 spiro atoms. The molecule has 0 aromatic rings. The molecular weight excluding hydrogens is 372 g/mol. The lowest BCUT2D eigenvalue weighted by molar-refractivity contribution is -0.275. The summed E-state index contributed by atoms with van der Waals surface area (Å²) < 4.78 is 0. The molecule has 4 aliphatic carbocycles. The smallest absolute Gasteiger partial charge is 0.0768 e. The summed E-state index contributed by atoms with van der Waals surface area (Å²) in [5, 5.41) is 24.0. The Morgan fingerprint density at radius 2 is 1.77 bits per heavy atom. The molecule has 1 heterocycles. The van der Waals surface area contributed by atoms with Crippen LogP contribution in [0.25, 0.3) is 0 Å². The maximum Gasteiger partial charge on any atom is 0.0768 e. The monoisotopic (exact) mass is 416 g/mol. The van der Waals surface area contributed by atoms with E-state index >= 15 is 0 Å². The molecule has 4 nitrogen and oxygen atoms in total. The minimum Gasteiger partial charge on any atom is -0.393 e. The van der Waals surface area contributed by atoms with E-state index in [1.54, 1.807) is 5.57 Å². The van der Waals surface area contributed by atoms with Gasteiger partial charge in [0.2, 0.25) is 0 Å². The second-order valence-electron chi connectivity index (χ2n) is 12.6. The van der Waals surface area contributed by atoms with Crippen molar-refractivity contribution in [2.45, 2.75) is 90.4 Å². The summed E-state index contributed by atoms with van der Waals surface area (Å²) >= 11 is 0. The second-order valence-corrected chi connectivity index (χ2v) is 12.6. The zero-order valence-corrected chi connectivity index (χ0v) is 20.3. The van der Waals surface area contributed by atoms with Gasteiger partial charge < -0.3 is 20.0 Å². The molecule has 5 rings (SSSR count). The van der Waals surface area contributed by atoms with Crippen LogP contribution in [0.1, 0.15) is 72.6 Å². The van der Waals surface area contributed by atoms with Crippen LogP contribution in [0.3, 0.4) is 0 Å². The Bertz CT molecular complexity index is 779. The summed E-state index contributed by atoms with van der Waals surface area (Å²) in [6, 6.07) is 0.393. The molecule has 0 aromatic heterocycles. The maximum absolute atomic E-state index is 12.2. The first-order valence-electron chi connectivity index (χ1n) is 12.4. The normalized spacial score (nSPS) is 55.4. The topological polar surface area (TPSA) is 46.9 Å². The van der Waals surface area contributed by atoms with Crippen LogP contribution in [0.5, 0.6) is 0 Å². The highest BCUT2D eigenvalue weighted by Gasteiger charge is 2.73. The molecule has 9 atom stereocenters. The van der Waals surface area contributed by atoms with E-state index in [-0.39, 0.29) is 22.2 Å². The number of rotatable bonds is 1. The fourth-order valence-corrected chi connectivity index (χ4v) is 10.0. The second kappa shape index (κ2) is 6.26. The molecule has 0 bridgehead atoms. The molecule has 170 valence electrons. The van der Waals surface area contributed by atoms with Gasteiger partial charge in [-0.25, -0.2) is 0 Å². The lowest BCUT2D eigenvalue weighted by Gasteiger charge is -2.69. The Balaban J connectivity index is 1.57. The zero-order valence-electron chi connectivity index (χ0n) is 20.3. The number of hydrogen-bond donors (Lipinski definition) is 2. The molecular formula is C26H44N2O2. The van der Waals surface area contributed by atoms with Crippen LogP contribution in [-0.2, 0) is 0 Å². The minimum atomic E-state index is -0.776. The van der Waals surface area contributed by atoms with Gasteiger partial charge in [-0.2, -0.15) is 0 Å². The number of nitrogens with zero attached hydrogens (tertiary/aromatic N) is 2. The Hall–Kier alpha value is -0.580. The van der Waals surface area contributed by atoms with Gasteiger partial charge in [-0.3, -0.25) is 0 Å². The summed E-state index contributed by atoms with van der Waals surface area (Å²) in [6.07, 6.45) is 7.17. The van der Waals surface area contributed by atoms with E-state index in [1.165, 1.54) is 25.0 Å². The van der Waals surface area contributed by atoms with Gasteiger partial charge in [0, 0.05) is 43.1 Å². The van der Waals surface area contributed by atoms with Crippen LogP contribution in [0.4, 0.5) is 0 Å². The van der Waals surface area contributed by atoms with Crippen molar-refractivity contribution in [3.8, 4) is 0 Å². The van der Waals surface area contributed by atoms with E-state index in [9.17, 15) is 10.2 Å². The van der Waals surface area contributed by atoms with Gasteiger partial charge in [-0.15, -0.1) is 0 Å². The Morgan fingerprint density at radius 1 is 1.07 bits per heavy atom. The highest BCUT2D eigenvalue weighted by molar-refractivity contribution is 5.38. The summed E-state index contributed by atoms with van der Waals surface area (Å²) in [4.78, 5) is 4.77. The highest BCUT2D eigenvalue weighted by atomic mass is 16.3. The fraction of sp³-hybridized carbons (Fsp3) is 0.923. The molecule has 0 aromatic carbocycles. The third-order valence-electron chi connectivity index (χ3n) is 11.8. The van der Waals surface area contributed by atoms with Crippen molar-refractivity contribution < 1.29 is 10.2 Å². The van der Waals surface area contributed by atoms with E-state index in [4.69, 9.17) is 0 Å². The zero-order chi connectivity index (χ0) is 21.9. The molecule has 4 fully saturated rings. The van der Waals surface area contributed by atoms with Crippen molar-refractivity contribution in [1.82, 2.24) is 9.80 Å². The molecule has 5 aliphatic rings. The number of aliphatic hydroxyl groups excluding tert-OH is 1. The molecule has 0 radical (unpaired) electrons. The first kappa shape index (κ1) is 21.3. The van der Waals surface area contributed by atoms with Crippen molar-refractivity contribution in [3.05, 3.63) is 11.3 Å². The summed E-state index contributed by atoms with van der Waals surface area (Å²) in [6.45, 7) is 10.6. The van der Waals surface area contributed by atoms with Crippen LogP contribution >= 0.6 is 0 Å². The molecule has 0 amide bonds. The van der Waals surface area contributed by atoms with Crippen molar-refractivity contribution >= 4 is 0 Å². The summed E-state index contributed by atoms with van der Waals surface area (Å²) in [5.41, 5.74) is 2.69. The highest BCUT2D eigenvalue weighted by Crippen LogP contribution is 2.75. The Morgan fingerprint density at radius 3 is 2.43 bits per heavy atom. The minimum absolute atomic E-state index is 0.0978. The number of aliphatic hydroxyl groups is 2. The molecule has 2 N–H and O–H groups in total. The van der Waals surface area contributed by atoms with Crippen molar-refractivity contribution in [2.75, 3.05) is 27.7 Å². The lowest BCUT2D eigenvalue weighted by atomic mass is 9.38. The van der Waals surface area contributed by atoms with Crippen LogP contribution in [-0.4, -0.2) is 65.4 Å². The number of fused-ring (bicyclic) bond motifs is 4. The molecule has 4 saturated carbocycles. The van der Waals surface area contributed by atoms with Gasteiger partial charge in [0.05, 0.1) is 11.7 Å². The quantitative estimate of drug-likeness (QED) is 0.681. The largest absolute Gasteiger partial charge is 0.393 e. The van der Waals surface area contributed by atoms with E-state index in [1.807, 2.05) is 0 Å². The van der Waals surface area contributed by atoms with Gasteiger partial charge in [0.1, 0.15) is 0 Å². The van der Waals surface area contributed by atoms with Crippen molar-refractivity contribution in [3.63, 3.8) is 0 Å². The first-order valence-corrected chi connectivity index (χ1v) is 12.4. The molecule has 4 heteroatoms. The van der Waals surface area contributed by atoms with Gasteiger partial charge >= 0.3 is 0 Å². The lowest BCUT2D eigenvalue weighted by Crippen LogP contribution is -2.72. The average Bonchev–Trinajstić information content (AvgIpc) is 3.09. The van der Waals surface area contributed by atoms with Gasteiger partial charge in [-0.1, -0.05) is 20.8 Å². The number of allylic oxidation sites excluding steroid dienone is 1. The third kappa shape index (κ3) is 2.19. The van der Waals surface area contributed by atoms with Crippen molar-refractivity contribution in [1.29, 1.82) is 0 Å². The predicted molar refractivity (Wildman–Crippen MR) is 121 cm³/mol. The van der Waals surface area contributed by atoms with Crippen LogP contribution in [0.2, 0.25) is 0 Å². The van der Waals surface area contributed by atoms with Gasteiger partial charge in [0.15, 0.2) is 0 Å². The molecule has 0 unspecified atom stereocenters. The van der Waals surface area contributed by atoms with Crippen LogP contribution < -0.4 is 0 Å². The van der Waals surface area contributed by atoms with Gasteiger partial charge in [-0.05, 0) is 87.8 Å². The third-order valence-corrected chi connectivity index (χ3v) is 11.8. The van der Waals surface area contributed by atoms with Crippen LogP contribution in [0.15, 0.2) is 11.3 Å². The van der Waals surface area contributed by atoms with Crippen molar-refractivity contribution in [2.24, 2.45) is 34.0 Å². The SMILES string of the molecule is CC1=C2CC[C@]3(C)[C@H]4[C@@H](CC[C@]23CN1C)[C@@]1(C)CC[C@H](N(C)C)[C@@H](C)[C@@]1(O)C[C@@H]4O. The Labute approximate surface area is 183 Å². The average molecular weight is 417 g/mol.